The lowest BCUT2D eigenvalue weighted by Gasteiger charge is -2.18. The van der Waals surface area contributed by atoms with Gasteiger partial charge < -0.3 is 5.32 Å². The van der Waals surface area contributed by atoms with Crippen molar-refractivity contribution in [1.82, 2.24) is 14.9 Å². The van der Waals surface area contributed by atoms with E-state index in [2.05, 4.69) is 41.0 Å². The summed E-state index contributed by atoms with van der Waals surface area (Å²) in [5.41, 5.74) is 1.04. The number of hydrogen-bond donors (Lipinski definition) is 1. The molecule has 1 rings (SSSR count). The fraction of sp³-hybridized carbons (Fsp3) is 0.692. The molecule has 0 radical (unpaired) electrons. The van der Waals surface area contributed by atoms with Crippen LogP contribution in [-0.4, -0.2) is 34.5 Å². The van der Waals surface area contributed by atoms with Crippen LogP contribution in [0.3, 0.4) is 0 Å². The summed E-state index contributed by atoms with van der Waals surface area (Å²) in [5, 5.41) is 3.23. The van der Waals surface area contributed by atoms with E-state index in [4.69, 9.17) is 0 Å². The van der Waals surface area contributed by atoms with Crippen LogP contribution in [0.25, 0.3) is 0 Å². The predicted octanol–water partition coefficient (Wildman–Crippen LogP) is 2.53. The second kappa shape index (κ2) is 8.01. The molecule has 0 aromatic carbocycles. The van der Waals surface area contributed by atoms with Crippen molar-refractivity contribution < 1.29 is 0 Å². The van der Waals surface area contributed by atoms with Crippen LogP contribution in [-0.2, 0) is 6.54 Å². The number of aromatic nitrogens is 2. The molecule has 1 aromatic rings. The average molecular weight is 236 g/mol. The molecule has 1 N–H and O–H groups in total. The highest BCUT2D eigenvalue weighted by atomic mass is 15.1. The van der Waals surface area contributed by atoms with Gasteiger partial charge >= 0.3 is 0 Å². The van der Waals surface area contributed by atoms with Crippen LogP contribution in [0.5, 0.6) is 0 Å². The molecule has 96 valence electrons. The molecule has 0 aliphatic heterocycles. The highest BCUT2D eigenvalue weighted by Crippen LogP contribution is 2.04. The first-order valence-electron chi connectivity index (χ1n) is 6.57. The summed E-state index contributed by atoms with van der Waals surface area (Å²) in [7, 11) is 0. The lowest BCUT2D eigenvalue weighted by atomic mass is 10.3. The van der Waals surface area contributed by atoms with E-state index in [0.29, 0.717) is 0 Å². The second-order valence-corrected chi connectivity index (χ2v) is 4.19. The standard InChI is InChI=1S/C13H24N4/c1-4-7-14-13-10-15-12(9-16-13)11-17(6-3)8-5-2/h9-10H,4-8,11H2,1-3H3,(H,14,16). The van der Waals surface area contributed by atoms with Gasteiger partial charge in [-0.15, -0.1) is 0 Å². The fourth-order valence-electron chi connectivity index (χ4n) is 1.68. The van der Waals surface area contributed by atoms with E-state index < -0.39 is 0 Å². The number of nitrogens with one attached hydrogen (secondary N) is 1. The summed E-state index contributed by atoms with van der Waals surface area (Å²) in [6, 6.07) is 0. The zero-order chi connectivity index (χ0) is 12.5. The minimum atomic E-state index is 0.870. The summed E-state index contributed by atoms with van der Waals surface area (Å²) in [6.07, 6.45) is 5.97. The van der Waals surface area contributed by atoms with Gasteiger partial charge in [0.1, 0.15) is 5.82 Å². The predicted molar refractivity (Wildman–Crippen MR) is 72.1 cm³/mol. The Bertz CT molecular complexity index is 297. The van der Waals surface area contributed by atoms with E-state index in [9.17, 15) is 0 Å². The van der Waals surface area contributed by atoms with Crippen molar-refractivity contribution in [2.45, 2.75) is 40.2 Å². The third-order valence-corrected chi connectivity index (χ3v) is 2.63. The van der Waals surface area contributed by atoms with E-state index >= 15 is 0 Å². The Kier molecular flexibility index (Phi) is 6.55. The maximum absolute atomic E-state index is 4.43. The molecule has 1 heterocycles. The maximum atomic E-state index is 4.43. The number of hydrogen-bond acceptors (Lipinski definition) is 4. The monoisotopic (exact) mass is 236 g/mol. The van der Waals surface area contributed by atoms with Crippen molar-refractivity contribution in [3.05, 3.63) is 18.1 Å². The van der Waals surface area contributed by atoms with Crippen LogP contribution in [0, 0.1) is 0 Å². The third kappa shape index (κ3) is 5.13. The summed E-state index contributed by atoms with van der Waals surface area (Å²) in [5.74, 6) is 0.870. The summed E-state index contributed by atoms with van der Waals surface area (Å²) < 4.78 is 0. The smallest absolute Gasteiger partial charge is 0.144 e. The molecule has 0 saturated carbocycles. The van der Waals surface area contributed by atoms with Crippen LogP contribution in [0.4, 0.5) is 5.82 Å². The first-order chi connectivity index (χ1) is 8.30. The molecule has 17 heavy (non-hydrogen) atoms. The quantitative estimate of drug-likeness (QED) is 0.753. The second-order valence-electron chi connectivity index (χ2n) is 4.19. The SMILES string of the molecule is CCCNc1cnc(CN(CC)CCC)cn1. The van der Waals surface area contributed by atoms with Crippen molar-refractivity contribution in [3.63, 3.8) is 0 Å². The van der Waals surface area contributed by atoms with Crippen LogP contribution in [0.1, 0.15) is 39.3 Å². The van der Waals surface area contributed by atoms with Crippen LogP contribution < -0.4 is 5.32 Å². The first kappa shape index (κ1) is 13.9. The molecule has 0 saturated heterocycles. The molecular weight excluding hydrogens is 212 g/mol. The van der Waals surface area contributed by atoms with E-state index in [-0.39, 0.29) is 0 Å². The molecule has 0 unspecified atom stereocenters. The zero-order valence-corrected chi connectivity index (χ0v) is 11.2. The van der Waals surface area contributed by atoms with E-state index in [1.807, 2.05) is 12.4 Å². The number of anilines is 1. The molecule has 0 atom stereocenters. The largest absolute Gasteiger partial charge is 0.369 e. The van der Waals surface area contributed by atoms with Gasteiger partial charge in [-0.1, -0.05) is 20.8 Å². The average Bonchev–Trinajstić information content (AvgIpc) is 2.37. The zero-order valence-electron chi connectivity index (χ0n) is 11.2. The fourth-order valence-corrected chi connectivity index (χ4v) is 1.68. The summed E-state index contributed by atoms with van der Waals surface area (Å²) in [6.45, 7) is 10.5. The molecule has 4 heteroatoms. The van der Waals surface area contributed by atoms with E-state index in [1.54, 1.807) is 0 Å². The van der Waals surface area contributed by atoms with E-state index in [0.717, 1.165) is 44.1 Å². The highest BCUT2D eigenvalue weighted by molar-refractivity contribution is 5.30. The maximum Gasteiger partial charge on any atom is 0.144 e. The Balaban J connectivity index is 2.49. The van der Waals surface area contributed by atoms with Gasteiger partial charge in [0, 0.05) is 13.1 Å². The molecule has 4 nitrogen and oxygen atoms in total. The summed E-state index contributed by atoms with van der Waals surface area (Å²) in [4.78, 5) is 11.2. The third-order valence-electron chi connectivity index (χ3n) is 2.63. The molecule has 0 amide bonds. The van der Waals surface area contributed by atoms with Gasteiger partial charge in [-0.05, 0) is 25.9 Å². The molecule has 0 aliphatic carbocycles. The van der Waals surface area contributed by atoms with Crippen molar-refractivity contribution in [2.75, 3.05) is 25.0 Å². The van der Waals surface area contributed by atoms with E-state index in [1.165, 1.54) is 6.42 Å². The van der Waals surface area contributed by atoms with Crippen molar-refractivity contribution in [2.24, 2.45) is 0 Å². The molecular formula is C13H24N4. The Morgan fingerprint density at radius 2 is 1.94 bits per heavy atom. The minimum absolute atomic E-state index is 0.870. The molecule has 0 fully saturated rings. The van der Waals surface area contributed by atoms with Crippen LogP contribution in [0.2, 0.25) is 0 Å². The lowest BCUT2D eigenvalue weighted by molar-refractivity contribution is 0.277. The molecule has 0 spiro atoms. The van der Waals surface area contributed by atoms with Crippen molar-refractivity contribution in [3.8, 4) is 0 Å². The Hall–Kier alpha value is -1.16. The van der Waals surface area contributed by atoms with Crippen LogP contribution in [0.15, 0.2) is 12.4 Å². The van der Waals surface area contributed by atoms with Gasteiger partial charge in [-0.2, -0.15) is 0 Å². The Labute approximate surface area is 104 Å². The molecule has 1 aromatic heterocycles. The molecule has 0 aliphatic rings. The Morgan fingerprint density at radius 1 is 1.12 bits per heavy atom. The normalized spacial score (nSPS) is 10.8. The number of nitrogens with zero attached hydrogens (tertiary/aromatic N) is 3. The topological polar surface area (TPSA) is 41.1 Å². The van der Waals surface area contributed by atoms with Gasteiger partial charge in [-0.3, -0.25) is 9.88 Å². The van der Waals surface area contributed by atoms with Gasteiger partial charge in [-0.25, -0.2) is 4.98 Å². The van der Waals surface area contributed by atoms with Crippen molar-refractivity contribution >= 4 is 5.82 Å². The highest BCUT2D eigenvalue weighted by Gasteiger charge is 2.04. The van der Waals surface area contributed by atoms with Gasteiger partial charge in [0.25, 0.3) is 0 Å². The van der Waals surface area contributed by atoms with Gasteiger partial charge in [0.2, 0.25) is 0 Å². The van der Waals surface area contributed by atoms with Crippen molar-refractivity contribution in [1.29, 1.82) is 0 Å². The first-order valence-corrected chi connectivity index (χ1v) is 6.57. The van der Waals surface area contributed by atoms with Gasteiger partial charge in [0.05, 0.1) is 18.1 Å². The number of rotatable bonds is 8. The molecule has 0 bridgehead atoms. The van der Waals surface area contributed by atoms with Crippen LogP contribution >= 0.6 is 0 Å². The Morgan fingerprint density at radius 3 is 2.47 bits per heavy atom. The lowest BCUT2D eigenvalue weighted by Crippen LogP contribution is -2.24. The summed E-state index contributed by atoms with van der Waals surface area (Å²) >= 11 is 0. The minimum Gasteiger partial charge on any atom is -0.369 e. The van der Waals surface area contributed by atoms with Gasteiger partial charge in [0.15, 0.2) is 0 Å².